The Morgan fingerprint density at radius 3 is 2.35 bits per heavy atom. The van der Waals surface area contributed by atoms with Crippen LogP contribution in [0.15, 0.2) is 21.5 Å². The maximum Gasteiger partial charge on any atom is 0.244 e. The molecule has 0 heterocycles. The van der Waals surface area contributed by atoms with Crippen LogP contribution in [0, 0.1) is 5.82 Å². The first kappa shape index (κ1) is 17.6. The summed E-state index contributed by atoms with van der Waals surface area (Å²) in [5.74, 6) is -0.919. The number of benzene rings is 1. The standard InChI is InChI=1S/C13H19BrFNO3S/c1-4-13(3,5-2)16-20(18,19)11-7-10(14)6-9(8-17)12(11)15/h6-7,16-17H,4-5,8H2,1-3H3. The van der Waals surface area contributed by atoms with Gasteiger partial charge in [0.15, 0.2) is 0 Å². The van der Waals surface area contributed by atoms with Crippen molar-refractivity contribution in [2.75, 3.05) is 0 Å². The zero-order valence-corrected chi connectivity index (χ0v) is 14.1. The lowest BCUT2D eigenvalue weighted by atomic mass is 9.98. The van der Waals surface area contributed by atoms with Crippen molar-refractivity contribution in [1.82, 2.24) is 4.72 Å². The first-order chi connectivity index (χ1) is 9.19. The smallest absolute Gasteiger partial charge is 0.244 e. The van der Waals surface area contributed by atoms with Gasteiger partial charge in [-0.2, -0.15) is 0 Å². The van der Waals surface area contributed by atoms with Crippen molar-refractivity contribution in [2.45, 2.75) is 50.7 Å². The maximum atomic E-state index is 14.1. The van der Waals surface area contributed by atoms with Crippen LogP contribution in [0.3, 0.4) is 0 Å². The predicted molar refractivity (Wildman–Crippen MR) is 79.3 cm³/mol. The molecule has 0 fully saturated rings. The van der Waals surface area contributed by atoms with E-state index in [4.69, 9.17) is 5.11 Å². The maximum absolute atomic E-state index is 14.1. The van der Waals surface area contributed by atoms with Gasteiger partial charge in [-0.15, -0.1) is 0 Å². The molecule has 7 heteroatoms. The fraction of sp³-hybridized carbons (Fsp3) is 0.538. The summed E-state index contributed by atoms with van der Waals surface area (Å²) in [5, 5.41) is 9.08. The molecule has 0 atom stereocenters. The zero-order chi connectivity index (χ0) is 15.6. The summed E-state index contributed by atoms with van der Waals surface area (Å²) < 4.78 is 41.8. The van der Waals surface area contributed by atoms with E-state index in [2.05, 4.69) is 20.7 Å². The average Bonchev–Trinajstić information content (AvgIpc) is 2.40. The van der Waals surface area contributed by atoms with Crippen LogP contribution in [0.5, 0.6) is 0 Å². The van der Waals surface area contributed by atoms with E-state index in [1.54, 1.807) is 6.92 Å². The molecule has 0 saturated carbocycles. The SMILES string of the molecule is CCC(C)(CC)NS(=O)(=O)c1cc(Br)cc(CO)c1F. The van der Waals surface area contributed by atoms with E-state index in [9.17, 15) is 12.8 Å². The summed E-state index contributed by atoms with van der Waals surface area (Å²) in [5.41, 5.74) is -0.693. The average molecular weight is 368 g/mol. The minimum absolute atomic E-state index is 0.0607. The quantitative estimate of drug-likeness (QED) is 0.812. The molecular formula is C13H19BrFNO3S. The van der Waals surface area contributed by atoms with Gasteiger partial charge < -0.3 is 5.11 Å². The van der Waals surface area contributed by atoms with Gasteiger partial charge in [-0.1, -0.05) is 29.8 Å². The van der Waals surface area contributed by atoms with Gasteiger partial charge in [-0.05, 0) is 31.9 Å². The molecule has 4 nitrogen and oxygen atoms in total. The van der Waals surface area contributed by atoms with Crippen molar-refractivity contribution >= 4 is 26.0 Å². The van der Waals surface area contributed by atoms with E-state index in [-0.39, 0.29) is 5.56 Å². The predicted octanol–water partition coefficient (Wildman–Crippen LogP) is 2.94. The molecule has 20 heavy (non-hydrogen) atoms. The normalized spacial score (nSPS) is 12.7. The lowest BCUT2D eigenvalue weighted by Gasteiger charge is -2.28. The molecule has 114 valence electrons. The summed E-state index contributed by atoms with van der Waals surface area (Å²) in [6, 6.07) is 2.55. The van der Waals surface area contributed by atoms with Crippen molar-refractivity contribution in [3.8, 4) is 0 Å². The van der Waals surface area contributed by atoms with Crippen molar-refractivity contribution in [2.24, 2.45) is 0 Å². The van der Waals surface area contributed by atoms with Crippen LogP contribution in [-0.2, 0) is 16.6 Å². The third-order valence-corrected chi connectivity index (χ3v) is 5.58. The van der Waals surface area contributed by atoms with Crippen LogP contribution in [-0.4, -0.2) is 19.1 Å². The summed E-state index contributed by atoms with van der Waals surface area (Å²) in [6.07, 6.45) is 1.18. The Labute approximate surface area is 127 Å². The van der Waals surface area contributed by atoms with Crippen LogP contribution in [0.4, 0.5) is 4.39 Å². The largest absolute Gasteiger partial charge is 0.392 e. The lowest BCUT2D eigenvalue weighted by Crippen LogP contribution is -2.45. The highest BCUT2D eigenvalue weighted by molar-refractivity contribution is 9.10. The Balaban J connectivity index is 3.33. The molecule has 2 N–H and O–H groups in total. The Kier molecular flexibility index (Phi) is 5.71. The zero-order valence-electron chi connectivity index (χ0n) is 11.7. The molecule has 0 unspecified atom stereocenters. The highest BCUT2D eigenvalue weighted by Crippen LogP contribution is 2.26. The molecule has 0 amide bonds. The van der Waals surface area contributed by atoms with Gasteiger partial charge in [0.25, 0.3) is 0 Å². The molecular weight excluding hydrogens is 349 g/mol. The van der Waals surface area contributed by atoms with Crippen LogP contribution in [0.2, 0.25) is 0 Å². The first-order valence-corrected chi connectivity index (χ1v) is 8.59. The number of aliphatic hydroxyl groups is 1. The highest BCUT2D eigenvalue weighted by atomic mass is 79.9. The van der Waals surface area contributed by atoms with Crippen molar-refractivity contribution < 1.29 is 17.9 Å². The molecule has 0 spiro atoms. The number of hydrogen-bond acceptors (Lipinski definition) is 3. The molecule has 0 aliphatic heterocycles. The minimum atomic E-state index is -3.99. The second-order valence-electron chi connectivity index (χ2n) is 4.91. The van der Waals surface area contributed by atoms with Gasteiger partial charge in [0.1, 0.15) is 10.7 Å². The summed E-state index contributed by atoms with van der Waals surface area (Å²) in [4.78, 5) is -0.455. The molecule has 0 saturated heterocycles. The number of halogens is 2. The third-order valence-electron chi connectivity index (χ3n) is 3.48. The topological polar surface area (TPSA) is 66.4 Å². The third kappa shape index (κ3) is 3.78. The van der Waals surface area contributed by atoms with Crippen LogP contribution in [0.1, 0.15) is 39.2 Å². The highest BCUT2D eigenvalue weighted by Gasteiger charge is 2.30. The van der Waals surface area contributed by atoms with E-state index in [0.29, 0.717) is 17.3 Å². The summed E-state index contributed by atoms with van der Waals surface area (Å²) in [6.45, 7) is 4.94. The van der Waals surface area contributed by atoms with Crippen molar-refractivity contribution in [1.29, 1.82) is 0 Å². The van der Waals surface area contributed by atoms with Gasteiger partial charge in [-0.3, -0.25) is 0 Å². The Hall–Kier alpha value is -0.500. The number of nitrogens with one attached hydrogen (secondary N) is 1. The molecule has 0 aromatic heterocycles. The second-order valence-corrected chi connectivity index (χ2v) is 7.47. The molecule has 0 aliphatic carbocycles. The summed E-state index contributed by atoms with van der Waals surface area (Å²) >= 11 is 3.12. The van der Waals surface area contributed by atoms with E-state index in [0.717, 1.165) is 0 Å². The van der Waals surface area contributed by atoms with E-state index < -0.39 is 32.9 Å². The number of hydrogen-bond donors (Lipinski definition) is 2. The minimum Gasteiger partial charge on any atom is -0.392 e. The van der Waals surface area contributed by atoms with Crippen LogP contribution >= 0.6 is 15.9 Å². The monoisotopic (exact) mass is 367 g/mol. The molecule has 0 bridgehead atoms. The molecule has 1 aromatic carbocycles. The first-order valence-electron chi connectivity index (χ1n) is 6.32. The number of rotatable bonds is 6. The van der Waals surface area contributed by atoms with Gasteiger partial charge in [-0.25, -0.2) is 17.5 Å². The van der Waals surface area contributed by atoms with Crippen LogP contribution in [0.25, 0.3) is 0 Å². The van der Waals surface area contributed by atoms with E-state index in [1.165, 1.54) is 12.1 Å². The Bertz CT molecular complexity index is 586. The fourth-order valence-corrected chi connectivity index (χ4v) is 4.06. The van der Waals surface area contributed by atoms with Crippen LogP contribution < -0.4 is 4.72 Å². The summed E-state index contributed by atoms with van der Waals surface area (Å²) in [7, 11) is -3.99. The number of sulfonamides is 1. The van der Waals surface area contributed by atoms with Gasteiger partial charge in [0, 0.05) is 15.6 Å². The Morgan fingerprint density at radius 2 is 1.90 bits per heavy atom. The van der Waals surface area contributed by atoms with Crippen molar-refractivity contribution in [3.63, 3.8) is 0 Å². The van der Waals surface area contributed by atoms with Gasteiger partial charge >= 0.3 is 0 Å². The number of aliphatic hydroxyl groups excluding tert-OH is 1. The lowest BCUT2D eigenvalue weighted by molar-refractivity contribution is 0.274. The van der Waals surface area contributed by atoms with E-state index in [1.807, 2.05) is 13.8 Å². The molecule has 1 aromatic rings. The molecule has 1 rings (SSSR count). The second kappa shape index (κ2) is 6.51. The molecule has 0 aliphatic rings. The van der Waals surface area contributed by atoms with Crippen molar-refractivity contribution in [3.05, 3.63) is 28.0 Å². The molecule has 0 radical (unpaired) electrons. The van der Waals surface area contributed by atoms with Gasteiger partial charge in [0.2, 0.25) is 10.0 Å². The fourth-order valence-electron chi connectivity index (χ4n) is 1.70. The van der Waals surface area contributed by atoms with Gasteiger partial charge in [0.05, 0.1) is 6.61 Å². The Morgan fingerprint density at radius 1 is 1.35 bits per heavy atom. The van der Waals surface area contributed by atoms with E-state index >= 15 is 0 Å².